The smallest absolute Gasteiger partial charge is 0.263 e. The number of nitriles is 1. The van der Waals surface area contributed by atoms with Crippen LogP contribution in [0.15, 0.2) is 12.3 Å². The van der Waals surface area contributed by atoms with Crippen LogP contribution in [0.1, 0.15) is 45.9 Å². The lowest BCUT2D eigenvalue weighted by Crippen LogP contribution is -2.41. The number of nitrogens with zero attached hydrogens (tertiary/aromatic N) is 3. The summed E-state index contributed by atoms with van der Waals surface area (Å²) in [6.07, 6.45) is 4.83. The first-order valence-electron chi connectivity index (χ1n) is 8.22. The number of halogens is 2. The Hall–Kier alpha value is -2.24. The number of thiazole rings is 1. The van der Waals surface area contributed by atoms with Gasteiger partial charge in [0.25, 0.3) is 5.91 Å². The van der Waals surface area contributed by atoms with Crippen LogP contribution in [0, 0.1) is 24.1 Å². The van der Waals surface area contributed by atoms with Gasteiger partial charge in [-0.1, -0.05) is 11.6 Å². The van der Waals surface area contributed by atoms with E-state index >= 15 is 0 Å². The van der Waals surface area contributed by atoms with Crippen molar-refractivity contribution in [1.82, 2.24) is 15.3 Å². The molecule has 0 radical (unpaired) electrons. The Morgan fingerprint density at radius 2 is 2.23 bits per heavy atom. The van der Waals surface area contributed by atoms with Crippen LogP contribution >= 0.6 is 22.9 Å². The van der Waals surface area contributed by atoms with Gasteiger partial charge in [-0.2, -0.15) is 5.26 Å². The number of pyridine rings is 1. The predicted octanol–water partition coefficient (Wildman–Crippen LogP) is 3.66. The molecule has 1 amide bonds. The number of aromatic nitrogens is 2. The lowest BCUT2D eigenvalue weighted by molar-refractivity contribution is 0.0930. The summed E-state index contributed by atoms with van der Waals surface area (Å²) in [6.45, 7) is 1.85. The third kappa shape index (κ3) is 4.29. The lowest BCUT2D eigenvalue weighted by atomic mass is 9.91. The van der Waals surface area contributed by atoms with Gasteiger partial charge in [0.05, 0.1) is 16.8 Å². The van der Waals surface area contributed by atoms with Crippen LogP contribution in [0.5, 0.6) is 0 Å². The number of amides is 1. The molecule has 0 aliphatic heterocycles. The minimum absolute atomic E-state index is 0.00310. The summed E-state index contributed by atoms with van der Waals surface area (Å²) < 4.78 is 14.1. The molecule has 0 aromatic carbocycles. The van der Waals surface area contributed by atoms with Crippen LogP contribution in [0.2, 0.25) is 5.15 Å². The van der Waals surface area contributed by atoms with Crippen LogP contribution in [0.4, 0.5) is 10.2 Å². The Morgan fingerprint density at radius 3 is 2.92 bits per heavy atom. The number of rotatable bonds is 4. The summed E-state index contributed by atoms with van der Waals surface area (Å²) in [6, 6.07) is 2.83. The molecule has 0 bridgehead atoms. The Bertz CT molecular complexity index is 865. The van der Waals surface area contributed by atoms with E-state index in [-0.39, 0.29) is 34.5 Å². The highest BCUT2D eigenvalue weighted by Gasteiger charge is 2.25. The molecular weight excluding hydrogens is 377 g/mol. The highest BCUT2D eigenvalue weighted by atomic mass is 35.5. The Morgan fingerprint density at radius 1 is 1.46 bits per heavy atom. The van der Waals surface area contributed by atoms with E-state index in [0.717, 1.165) is 30.3 Å². The first-order chi connectivity index (χ1) is 12.5. The zero-order valence-corrected chi connectivity index (χ0v) is 15.6. The quantitative estimate of drug-likeness (QED) is 0.773. The molecule has 0 saturated heterocycles. The van der Waals surface area contributed by atoms with E-state index in [1.165, 1.54) is 11.3 Å². The van der Waals surface area contributed by atoms with Gasteiger partial charge in [0.1, 0.15) is 16.1 Å². The van der Waals surface area contributed by atoms with E-state index in [4.69, 9.17) is 16.9 Å². The van der Waals surface area contributed by atoms with E-state index in [9.17, 15) is 9.18 Å². The average molecular weight is 394 g/mol. The van der Waals surface area contributed by atoms with Crippen molar-refractivity contribution in [2.24, 2.45) is 0 Å². The van der Waals surface area contributed by atoms with E-state index in [2.05, 4.69) is 20.6 Å². The van der Waals surface area contributed by atoms with Gasteiger partial charge >= 0.3 is 0 Å². The SMILES string of the molecule is Cc1ncc(C(=O)NC2CCCC(Nc3nc(Cl)c(C#N)cc3F)C2)s1. The molecule has 1 aliphatic rings. The third-order valence-corrected chi connectivity index (χ3v) is 5.44. The topological polar surface area (TPSA) is 90.7 Å². The summed E-state index contributed by atoms with van der Waals surface area (Å²) in [7, 11) is 0. The molecule has 2 atom stereocenters. The molecule has 2 N–H and O–H groups in total. The normalized spacial score (nSPS) is 19.6. The Kier molecular flexibility index (Phi) is 5.69. The Labute approximate surface area is 159 Å². The largest absolute Gasteiger partial charge is 0.365 e. The fourth-order valence-corrected chi connectivity index (χ4v) is 3.88. The van der Waals surface area contributed by atoms with Crippen LogP contribution in [0.3, 0.4) is 0 Å². The van der Waals surface area contributed by atoms with Crippen molar-refractivity contribution in [3.8, 4) is 6.07 Å². The van der Waals surface area contributed by atoms with Crippen molar-refractivity contribution in [2.75, 3.05) is 5.32 Å². The number of aryl methyl sites for hydroxylation is 1. The van der Waals surface area contributed by atoms with Crippen LogP contribution in [0.25, 0.3) is 0 Å². The number of carbonyl (C=O) groups is 1. The zero-order chi connectivity index (χ0) is 18.7. The van der Waals surface area contributed by atoms with Gasteiger partial charge in [-0.25, -0.2) is 14.4 Å². The molecule has 136 valence electrons. The summed E-state index contributed by atoms with van der Waals surface area (Å²) in [5.41, 5.74) is 0.00310. The molecular formula is C17H17ClFN5OS. The van der Waals surface area contributed by atoms with E-state index < -0.39 is 5.82 Å². The first-order valence-corrected chi connectivity index (χ1v) is 9.41. The molecule has 2 unspecified atom stereocenters. The second-order valence-electron chi connectivity index (χ2n) is 6.19. The molecule has 26 heavy (non-hydrogen) atoms. The van der Waals surface area contributed by atoms with Gasteiger partial charge in [-0.05, 0) is 38.7 Å². The fraction of sp³-hybridized carbons (Fsp3) is 0.412. The van der Waals surface area contributed by atoms with Gasteiger partial charge in [0.15, 0.2) is 11.6 Å². The average Bonchev–Trinajstić information content (AvgIpc) is 3.05. The Balaban J connectivity index is 1.63. The monoisotopic (exact) mass is 393 g/mol. The van der Waals surface area contributed by atoms with Gasteiger partial charge < -0.3 is 10.6 Å². The van der Waals surface area contributed by atoms with Gasteiger partial charge in [0, 0.05) is 12.1 Å². The fourth-order valence-electron chi connectivity index (χ4n) is 3.01. The van der Waals surface area contributed by atoms with Crippen molar-refractivity contribution in [2.45, 2.75) is 44.7 Å². The predicted molar refractivity (Wildman–Crippen MR) is 97.9 cm³/mol. The maximum Gasteiger partial charge on any atom is 0.263 e. The lowest BCUT2D eigenvalue weighted by Gasteiger charge is -2.30. The molecule has 6 nitrogen and oxygen atoms in total. The number of hydrogen-bond donors (Lipinski definition) is 2. The van der Waals surface area contributed by atoms with Crippen molar-refractivity contribution in [3.63, 3.8) is 0 Å². The second-order valence-corrected chi connectivity index (χ2v) is 7.78. The molecule has 1 aliphatic carbocycles. The van der Waals surface area contributed by atoms with Crippen molar-refractivity contribution < 1.29 is 9.18 Å². The number of hydrogen-bond acceptors (Lipinski definition) is 6. The van der Waals surface area contributed by atoms with Gasteiger partial charge in [-0.15, -0.1) is 11.3 Å². The standard InChI is InChI=1S/C17H17ClFN5OS/c1-9-21-8-14(26-9)17(25)23-12-4-2-3-11(6-12)22-16-13(19)5-10(7-20)15(18)24-16/h5,8,11-12H,2-4,6H2,1H3,(H,22,24)(H,23,25). The molecule has 2 aromatic rings. The summed E-state index contributed by atoms with van der Waals surface area (Å²) in [4.78, 5) is 20.9. The molecule has 2 heterocycles. The molecule has 2 aromatic heterocycles. The second kappa shape index (κ2) is 7.98. The highest BCUT2D eigenvalue weighted by Crippen LogP contribution is 2.25. The minimum atomic E-state index is -0.614. The molecule has 0 spiro atoms. The van der Waals surface area contributed by atoms with Crippen LogP contribution in [-0.4, -0.2) is 28.0 Å². The van der Waals surface area contributed by atoms with Crippen LogP contribution in [-0.2, 0) is 0 Å². The minimum Gasteiger partial charge on any atom is -0.365 e. The zero-order valence-electron chi connectivity index (χ0n) is 14.1. The first kappa shape index (κ1) is 18.5. The van der Waals surface area contributed by atoms with Crippen molar-refractivity contribution >= 4 is 34.7 Å². The summed E-state index contributed by atoms with van der Waals surface area (Å²) in [5.74, 6) is -0.715. The molecule has 1 saturated carbocycles. The number of anilines is 1. The highest BCUT2D eigenvalue weighted by molar-refractivity contribution is 7.13. The molecule has 9 heteroatoms. The molecule has 3 rings (SSSR count). The van der Waals surface area contributed by atoms with Crippen LogP contribution < -0.4 is 10.6 Å². The molecule has 1 fully saturated rings. The van der Waals surface area contributed by atoms with Gasteiger partial charge in [0.2, 0.25) is 0 Å². The van der Waals surface area contributed by atoms with Crippen molar-refractivity contribution in [1.29, 1.82) is 5.26 Å². The maximum absolute atomic E-state index is 14.1. The third-order valence-electron chi connectivity index (χ3n) is 4.25. The number of nitrogens with one attached hydrogen (secondary N) is 2. The maximum atomic E-state index is 14.1. The van der Waals surface area contributed by atoms with Gasteiger partial charge in [-0.3, -0.25) is 4.79 Å². The van der Waals surface area contributed by atoms with E-state index in [1.807, 2.05) is 6.92 Å². The van der Waals surface area contributed by atoms with Crippen molar-refractivity contribution in [3.05, 3.63) is 38.7 Å². The van der Waals surface area contributed by atoms with E-state index in [0.29, 0.717) is 11.3 Å². The number of carbonyl (C=O) groups excluding carboxylic acids is 1. The van der Waals surface area contributed by atoms with E-state index in [1.54, 1.807) is 12.3 Å². The summed E-state index contributed by atoms with van der Waals surface area (Å²) in [5, 5.41) is 15.7. The summed E-state index contributed by atoms with van der Waals surface area (Å²) >= 11 is 7.24.